The van der Waals surface area contributed by atoms with Crippen molar-refractivity contribution in [2.24, 2.45) is 11.8 Å². The summed E-state index contributed by atoms with van der Waals surface area (Å²) < 4.78 is 13.4. The third kappa shape index (κ3) is 4.58. The zero-order valence-electron chi connectivity index (χ0n) is 15.4. The van der Waals surface area contributed by atoms with Gasteiger partial charge in [0.15, 0.2) is 0 Å². The summed E-state index contributed by atoms with van der Waals surface area (Å²) in [4.78, 5) is 0. The van der Waals surface area contributed by atoms with Crippen LogP contribution in [0.1, 0.15) is 85.5 Å². The van der Waals surface area contributed by atoms with Gasteiger partial charge < -0.3 is 8.85 Å². The van der Waals surface area contributed by atoms with Crippen LogP contribution in [-0.4, -0.2) is 21.8 Å². The van der Waals surface area contributed by atoms with Gasteiger partial charge >= 0.3 is 8.56 Å². The van der Waals surface area contributed by atoms with Crippen molar-refractivity contribution in [2.75, 3.05) is 13.2 Å². The number of rotatable bonds is 7. The second kappa shape index (κ2) is 8.84. The Morgan fingerprint density at radius 2 is 1.59 bits per heavy atom. The van der Waals surface area contributed by atoms with Gasteiger partial charge in [0.05, 0.1) is 0 Å². The lowest BCUT2D eigenvalue weighted by Crippen LogP contribution is -2.53. The van der Waals surface area contributed by atoms with E-state index in [-0.39, 0.29) is 0 Å². The Hall–Kier alpha value is 0.137. The molecule has 0 aromatic carbocycles. The maximum atomic E-state index is 6.78. The summed E-state index contributed by atoms with van der Waals surface area (Å²) in [7, 11) is -2.10. The van der Waals surface area contributed by atoms with Crippen molar-refractivity contribution in [3.05, 3.63) is 0 Å². The molecule has 0 bridgehead atoms. The summed E-state index contributed by atoms with van der Waals surface area (Å²) in [5.41, 5.74) is 1.48. The maximum Gasteiger partial charge on any atom is 0.344 e. The Morgan fingerprint density at radius 3 is 2.18 bits per heavy atom. The highest BCUT2D eigenvalue weighted by Gasteiger charge is 2.53. The van der Waals surface area contributed by atoms with E-state index in [1.165, 1.54) is 57.8 Å². The van der Waals surface area contributed by atoms with Crippen LogP contribution in [0, 0.1) is 11.8 Å². The van der Waals surface area contributed by atoms with Crippen LogP contribution in [0.3, 0.4) is 0 Å². The van der Waals surface area contributed by atoms with Gasteiger partial charge in [-0.05, 0) is 44.4 Å². The van der Waals surface area contributed by atoms with Crippen LogP contribution >= 0.6 is 0 Å². The molecular formula is C19H38O2Si. The van der Waals surface area contributed by atoms with Crippen LogP contribution in [0.25, 0.3) is 0 Å². The van der Waals surface area contributed by atoms with E-state index >= 15 is 0 Å². The van der Waals surface area contributed by atoms with Crippen LogP contribution in [0.15, 0.2) is 0 Å². The Morgan fingerprint density at radius 1 is 0.909 bits per heavy atom. The smallest absolute Gasteiger partial charge is 0.344 e. The first kappa shape index (κ1) is 18.5. The fraction of sp³-hybridized carbons (Fsp3) is 1.00. The molecule has 2 fully saturated rings. The maximum absolute atomic E-state index is 6.78. The molecule has 2 saturated carbocycles. The van der Waals surface area contributed by atoms with Gasteiger partial charge in [0, 0.05) is 24.3 Å². The van der Waals surface area contributed by atoms with Crippen molar-refractivity contribution in [1.82, 2.24) is 0 Å². The molecular weight excluding hydrogens is 288 g/mol. The second-order valence-electron chi connectivity index (χ2n) is 8.16. The van der Waals surface area contributed by atoms with Gasteiger partial charge in [-0.25, -0.2) is 0 Å². The fourth-order valence-corrected chi connectivity index (χ4v) is 9.96. The highest BCUT2D eigenvalue weighted by molar-refractivity contribution is 6.70. The lowest BCUT2D eigenvalue weighted by atomic mass is 9.90. The molecule has 3 heteroatoms. The standard InChI is InChI=1S/C19H38O2Si/c1-5-20-22(21-15-16(2)3,18-11-7-6-8-12-18)19-13-9-10-17(4)14-19/h16-19H,5-15H2,1-4H3. The summed E-state index contributed by atoms with van der Waals surface area (Å²) in [5.74, 6) is 1.47. The van der Waals surface area contributed by atoms with Gasteiger partial charge in [-0.2, -0.15) is 0 Å². The van der Waals surface area contributed by atoms with Gasteiger partial charge in [0.2, 0.25) is 0 Å². The Kier molecular flexibility index (Phi) is 7.42. The molecule has 0 aromatic heterocycles. The third-order valence-electron chi connectivity index (χ3n) is 5.69. The molecule has 3 unspecified atom stereocenters. The first-order chi connectivity index (χ1) is 10.6. The van der Waals surface area contributed by atoms with Crippen LogP contribution < -0.4 is 0 Å². The SMILES string of the molecule is CCO[Si](OCC(C)C)(C1CCCCC1)C1CCCC(C)C1. The summed E-state index contributed by atoms with van der Waals surface area (Å²) in [6.45, 7) is 10.9. The van der Waals surface area contributed by atoms with Crippen molar-refractivity contribution >= 4 is 8.56 Å². The van der Waals surface area contributed by atoms with Crippen LogP contribution in [0.2, 0.25) is 11.1 Å². The molecule has 0 saturated heterocycles. The minimum Gasteiger partial charge on any atom is -0.394 e. The molecule has 2 rings (SSSR count). The van der Waals surface area contributed by atoms with Gasteiger partial charge in [-0.1, -0.05) is 52.9 Å². The molecule has 2 nitrogen and oxygen atoms in total. The third-order valence-corrected chi connectivity index (χ3v) is 10.4. The molecule has 0 radical (unpaired) electrons. The van der Waals surface area contributed by atoms with E-state index in [2.05, 4.69) is 27.7 Å². The zero-order valence-corrected chi connectivity index (χ0v) is 16.4. The quantitative estimate of drug-likeness (QED) is 0.530. The van der Waals surface area contributed by atoms with Crippen molar-refractivity contribution < 1.29 is 8.85 Å². The van der Waals surface area contributed by atoms with Crippen LogP contribution in [0.5, 0.6) is 0 Å². The summed E-state index contributed by atoms with van der Waals surface area (Å²) in [5, 5.41) is 0. The van der Waals surface area contributed by atoms with E-state index in [1.807, 2.05) is 0 Å². The highest BCUT2D eigenvalue weighted by Crippen LogP contribution is 2.50. The Labute approximate surface area is 139 Å². The van der Waals surface area contributed by atoms with Gasteiger partial charge in [0.25, 0.3) is 0 Å². The van der Waals surface area contributed by atoms with Crippen molar-refractivity contribution in [3.63, 3.8) is 0 Å². The lowest BCUT2D eigenvalue weighted by molar-refractivity contribution is 0.122. The topological polar surface area (TPSA) is 18.5 Å². The van der Waals surface area contributed by atoms with E-state index < -0.39 is 8.56 Å². The molecule has 0 spiro atoms. The van der Waals surface area contributed by atoms with Gasteiger partial charge in [0.1, 0.15) is 0 Å². The summed E-state index contributed by atoms with van der Waals surface area (Å²) in [6.07, 6.45) is 12.4. The molecule has 3 atom stereocenters. The molecule has 0 N–H and O–H groups in total. The molecule has 2 aliphatic carbocycles. The first-order valence-corrected chi connectivity index (χ1v) is 11.8. The second-order valence-corrected chi connectivity index (χ2v) is 11.8. The predicted octanol–water partition coefficient (Wildman–Crippen LogP) is 6.05. The zero-order chi connectivity index (χ0) is 16.0. The van der Waals surface area contributed by atoms with Gasteiger partial charge in [-0.3, -0.25) is 0 Å². The summed E-state index contributed by atoms with van der Waals surface area (Å²) >= 11 is 0. The number of hydrogen-bond donors (Lipinski definition) is 0. The number of hydrogen-bond acceptors (Lipinski definition) is 2. The van der Waals surface area contributed by atoms with Gasteiger partial charge in [-0.15, -0.1) is 0 Å². The average molecular weight is 327 g/mol. The monoisotopic (exact) mass is 326 g/mol. The molecule has 130 valence electrons. The van der Waals surface area contributed by atoms with Crippen LogP contribution in [-0.2, 0) is 8.85 Å². The van der Waals surface area contributed by atoms with Crippen molar-refractivity contribution in [2.45, 2.75) is 96.6 Å². The molecule has 22 heavy (non-hydrogen) atoms. The Bertz CT molecular complexity index is 315. The van der Waals surface area contributed by atoms with E-state index in [4.69, 9.17) is 8.85 Å². The normalized spacial score (nSPS) is 30.4. The van der Waals surface area contributed by atoms with E-state index in [0.717, 1.165) is 30.2 Å². The molecule has 0 aromatic rings. The Balaban J connectivity index is 2.21. The summed E-state index contributed by atoms with van der Waals surface area (Å²) in [6, 6.07) is 0. The van der Waals surface area contributed by atoms with Crippen molar-refractivity contribution in [3.8, 4) is 0 Å². The van der Waals surface area contributed by atoms with Crippen LogP contribution in [0.4, 0.5) is 0 Å². The van der Waals surface area contributed by atoms with Crippen molar-refractivity contribution in [1.29, 1.82) is 0 Å². The average Bonchev–Trinajstić information content (AvgIpc) is 2.52. The van der Waals surface area contributed by atoms with E-state index in [0.29, 0.717) is 5.92 Å². The lowest BCUT2D eigenvalue weighted by Gasteiger charge is -2.46. The molecule has 0 heterocycles. The van der Waals surface area contributed by atoms with E-state index in [1.54, 1.807) is 0 Å². The predicted molar refractivity (Wildman–Crippen MR) is 96.4 cm³/mol. The van der Waals surface area contributed by atoms with E-state index in [9.17, 15) is 0 Å². The fourth-order valence-electron chi connectivity index (χ4n) is 4.67. The minimum atomic E-state index is -2.10. The largest absolute Gasteiger partial charge is 0.394 e. The first-order valence-electron chi connectivity index (χ1n) is 9.86. The molecule has 2 aliphatic rings. The highest BCUT2D eigenvalue weighted by atomic mass is 28.4. The molecule has 0 amide bonds. The molecule has 0 aliphatic heterocycles. The minimum absolute atomic E-state index is 0.608.